The van der Waals surface area contributed by atoms with Gasteiger partial charge in [-0.25, -0.2) is 0 Å². The van der Waals surface area contributed by atoms with Gasteiger partial charge in [-0.15, -0.1) is 6.58 Å². The average molecular weight is 138 g/mol. The lowest BCUT2D eigenvalue weighted by Gasteiger charge is -2.07. The molecule has 0 bridgehead atoms. The van der Waals surface area contributed by atoms with Crippen molar-refractivity contribution in [2.24, 2.45) is 5.92 Å². The molecule has 0 nitrogen and oxygen atoms in total. The summed E-state index contributed by atoms with van der Waals surface area (Å²) >= 11 is 0. The van der Waals surface area contributed by atoms with Crippen molar-refractivity contribution in [3.05, 3.63) is 24.3 Å². The first-order chi connectivity index (χ1) is 4.54. The van der Waals surface area contributed by atoms with E-state index in [1.807, 2.05) is 0 Å². The molecule has 0 saturated heterocycles. The van der Waals surface area contributed by atoms with E-state index in [-0.39, 0.29) is 0 Å². The summed E-state index contributed by atoms with van der Waals surface area (Å²) in [5.74, 6) is 0.624. The molecule has 58 valence electrons. The van der Waals surface area contributed by atoms with Gasteiger partial charge in [-0.2, -0.15) is 0 Å². The van der Waals surface area contributed by atoms with Crippen molar-refractivity contribution in [2.75, 3.05) is 0 Å². The second-order valence-corrected chi connectivity index (χ2v) is 3.27. The Kier molecular flexibility index (Phi) is 4.10. The number of hydrogen-bond donors (Lipinski definition) is 0. The Hall–Kier alpha value is -0.520. The van der Waals surface area contributed by atoms with Crippen molar-refractivity contribution in [3.8, 4) is 0 Å². The Bertz CT molecular complexity index is 129. The Morgan fingerprint density at radius 2 is 1.70 bits per heavy atom. The van der Waals surface area contributed by atoms with Crippen molar-refractivity contribution in [3.63, 3.8) is 0 Å². The fourth-order valence-electron chi connectivity index (χ4n) is 0.663. The normalized spacial score (nSPS) is 10.0. The van der Waals surface area contributed by atoms with Gasteiger partial charge >= 0.3 is 0 Å². The maximum absolute atomic E-state index is 3.99. The number of rotatable bonds is 4. The number of hydrogen-bond acceptors (Lipinski definition) is 0. The second kappa shape index (κ2) is 4.32. The smallest absolute Gasteiger partial charge is 0.0263 e. The lowest BCUT2D eigenvalue weighted by atomic mass is 9.99. The van der Waals surface area contributed by atoms with Crippen LogP contribution in [0.5, 0.6) is 0 Å². The van der Waals surface area contributed by atoms with Crippen LogP contribution in [0.1, 0.15) is 33.6 Å². The molecular weight excluding hydrogens is 120 g/mol. The molecule has 0 aliphatic rings. The van der Waals surface area contributed by atoms with E-state index in [0.717, 1.165) is 12.8 Å². The molecule has 0 heterocycles. The molecule has 0 spiro atoms. The third-order valence-corrected chi connectivity index (χ3v) is 1.69. The number of allylic oxidation sites excluding steroid dienone is 2. The predicted molar refractivity (Wildman–Crippen MR) is 48.0 cm³/mol. The quantitative estimate of drug-likeness (QED) is 0.521. The van der Waals surface area contributed by atoms with E-state index in [0.29, 0.717) is 5.92 Å². The highest BCUT2D eigenvalue weighted by atomic mass is 14.0. The van der Waals surface area contributed by atoms with Gasteiger partial charge < -0.3 is 0 Å². The topological polar surface area (TPSA) is 0 Å². The van der Waals surface area contributed by atoms with Crippen molar-refractivity contribution in [1.29, 1.82) is 0 Å². The van der Waals surface area contributed by atoms with Gasteiger partial charge in [-0.3, -0.25) is 0 Å². The van der Waals surface area contributed by atoms with Crippen LogP contribution in [0.4, 0.5) is 0 Å². The molecule has 0 N–H and O–H groups in total. The zero-order chi connectivity index (χ0) is 8.15. The molecule has 0 unspecified atom stereocenters. The van der Waals surface area contributed by atoms with Gasteiger partial charge in [0.25, 0.3) is 0 Å². The van der Waals surface area contributed by atoms with Crippen LogP contribution >= 0.6 is 0 Å². The van der Waals surface area contributed by atoms with Gasteiger partial charge in [0.2, 0.25) is 0 Å². The third kappa shape index (κ3) is 4.37. The summed E-state index contributed by atoms with van der Waals surface area (Å²) in [6, 6.07) is 0. The van der Waals surface area contributed by atoms with Gasteiger partial charge in [0.15, 0.2) is 0 Å². The molecule has 0 aliphatic carbocycles. The molecular formula is C10H18. The summed E-state index contributed by atoms with van der Waals surface area (Å²) in [6.07, 6.45) is 2.20. The van der Waals surface area contributed by atoms with Crippen LogP contribution in [0.25, 0.3) is 0 Å². The van der Waals surface area contributed by atoms with Crippen molar-refractivity contribution in [1.82, 2.24) is 0 Å². The highest BCUT2D eigenvalue weighted by Crippen LogP contribution is 2.15. The molecule has 0 fully saturated rings. The van der Waals surface area contributed by atoms with Crippen molar-refractivity contribution < 1.29 is 0 Å². The zero-order valence-electron chi connectivity index (χ0n) is 7.41. The highest BCUT2D eigenvalue weighted by molar-refractivity contribution is 5.01. The van der Waals surface area contributed by atoms with E-state index < -0.39 is 0 Å². The molecule has 0 heteroatoms. The minimum absolute atomic E-state index is 0.624. The minimum atomic E-state index is 0.624. The molecule has 0 aromatic rings. The van der Waals surface area contributed by atoms with Crippen molar-refractivity contribution in [2.45, 2.75) is 33.6 Å². The third-order valence-electron chi connectivity index (χ3n) is 1.69. The Morgan fingerprint density at radius 3 is 2.00 bits per heavy atom. The summed E-state index contributed by atoms with van der Waals surface area (Å²) in [7, 11) is 0. The molecule has 0 atom stereocenters. The van der Waals surface area contributed by atoms with Gasteiger partial charge in [0.1, 0.15) is 0 Å². The molecule has 0 aliphatic heterocycles. The molecule has 0 amide bonds. The first-order valence-corrected chi connectivity index (χ1v) is 3.86. The highest BCUT2D eigenvalue weighted by Gasteiger charge is 1.98. The summed E-state index contributed by atoms with van der Waals surface area (Å²) in [5, 5.41) is 0. The van der Waals surface area contributed by atoms with Crippen LogP contribution in [-0.2, 0) is 0 Å². The first kappa shape index (κ1) is 9.48. The first-order valence-electron chi connectivity index (χ1n) is 3.86. The monoisotopic (exact) mass is 138 g/mol. The van der Waals surface area contributed by atoms with E-state index >= 15 is 0 Å². The summed E-state index contributed by atoms with van der Waals surface area (Å²) in [6.45, 7) is 14.3. The Balaban J connectivity index is 3.50. The van der Waals surface area contributed by atoms with E-state index in [1.54, 1.807) is 0 Å². The van der Waals surface area contributed by atoms with Crippen molar-refractivity contribution >= 4 is 0 Å². The average Bonchev–Trinajstić information content (AvgIpc) is 1.82. The van der Waals surface area contributed by atoms with E-state index in [1.165, 1.54) is 11.1 Å². The maximum atomic E-state index is 3.99. The standard InChI is InChI=1S/C10H18/c1-8(2)6-7-10(5)9(3)4/h9H,1,5-7H2,2-4H3. The summed E-state index contributed by atoms with van der Waals surface area (Å²) in [4.78, 5) is 0. The van der Waals surface area contributed by atoms with E-state index in [2.05, 4.69) is 33.9 Å². The molecule has 0 aromatic heterocycles. The SMILES string of the molecule is C=C(C)CCC(=C)C(C)C. The predicted octanol–water partition coefficient (Wildman–Crippen LogP) is 3.55. The molecule has 10 heavy (non-hydrogen) atoms. The lowest BCUT2D eigenvalue weighted by molar-refractivity contribution is 0.712. The van der Waals surface area contributed by atoms with Crippen LogP contribution < -0.4 is 0 Å². The van der Waals surface area contributed by atoms with E-state index in [4.69, 9.17) is 0 Å². The van der Waals surface area contributed by atoms with Gasteiger partial charge in [-0.1, -0.05) is 31.6 Å². The minimum Gasteiger partial charge on any atom is -0.100 e. The molecule has 0 rings (SSSR count). The maximum Gasteiger partial charge on any atom is -0.0263 e. The van der Waals surface area contributed by atoms with Crippen LogP contribution in [-0.4, -0.2) is 0 Å². The van der Waals surface area contributed by atoms with Crippen LogP contribution in [0.15, 0.2) is 24.3 Å². The Labute approximate surface area is 64.6 Å². The fourth-order valence-corrected chi connectivity index (χ4v) is 0.663. The van der Waals surface area contributed by atoms with Gasteiger partial charge in [0.05, 0.1) is 0 Å². The second-order valence-electron chi connectivity index (χ2n) is 3.27. The molecule has 0 saturated carbocycles. The lowest BCUT2D eigenvalue weighted by Crippen LogP contribution is -1.91. The molecule has 0 aromatic carbocycles. The van der Waals surface area contributed by atoms with Gasteiger partial charge in [0, 0.05) is 0 Å². The largest absolute Gasteiger partial charge is 0.100 e. The summed E-state index contributed by atoms with van der Waals surface area (Å²) in [5.41, 5.74) is 2.59. The molecule has 0 radical (unpaired) electrons. The van der Waals surface area contributed by atoms with Crippen LogP contribution in [0.3, 0.4) is 0 Å². The summed E-state index contributed by atoms with van der Waals surface area (Å²) < 4.78 is 0. The van der Waals surface area contributed by atoms with Crippen LogP contribution in [0.2, 0.25) is 0 Å². The van der Waals surface area contributed by atoms with Crippen LogP contribution in [0, 0.1) is 5.92 Å². The fraction of sp³-hybridized carbons (Fsp3) is 0.600. The van der Waals surface area contributed by atoms with E-state index in [9.17, 15) is 0 Å². The van der Waals surface area contributed by atoms with Gasteiger partial charge in [-0.05, 0) is 25.7 Å². The Morgan fingerprint density at radius 1 is 1.20 bits per heavy atom. The zero-order valence-corrected chi connectivity index (χ0v) is 7.41.